The van der Waals surface area contributed by atoms with Crippen molar-refractivity contribution in [1.82, 2.24) is 30.1 Å². The molecule has 0 spiro atoms. The first-order chi connectivity index (χ1) is 11.4. The Balaban J connectivity index is 1.78. The summed E-state index contributed by atoms with van der Waals surface area (Å²) >= 11 is 0. The molecule has 0 saturated carbocycles. The van der Waals surface area contributed by atoms with Gasteiger partial charge in [0.05, 0.1) is 6.54 Å². The first kappa shape index (κ1) is 15.8. The van der Waals surface area contributed by atoms with E-state index in [-0.39, 0.29) is 12.4 Å². The predicted molar refractivity (Wildman–Crippen MR) is 74.5 cm³/mol. The summed E-state index contributed by atoms with van der Waals surface area (Å²) in [6.45, 7) is -0.0464. The fourth-order valence-corrected chi connectivity index (χ4v) is 1.83. The van der Waals surface area contributed by atoms with Crippen LogP contribution in [-0.2, 0) is 12.7 Å². The summed E-state index contributed by atoms with van der Waals surface area (Å²) in [5.41, 5.74) is 0.481. The predicted octanol–water partition coefficient (Wildman–Crippen LogP) is 1.97. The van der Waals surface area contributed by atoms with Crippen molar-refractivity contribution in [3.05, 3.63) is 42.6 Å². The standard InChI is InChI=1S/C13H10F3N7O/c1-23(6-10-21-12(22-24-10)13(14,15)16)9-5-8(19-7-20-9)11-17-3-2-4-18-11/h2-5,7H,6H2,1H3. The normalized spacial score (nSPS) is 11.5. The van der Waals surface area contributed by atoms with E-state index in [4.69, 9.17) is 0 Å². The molecular formula is C13H10F3N7O. The zero-order valence-corrected chi connectivity index (χ0v) is 12.3. The summed E-state index contributed by atoms with van der Waals surface area (Å²) in [6.07, 6.45) is -0.185. The van der Waals surface area contributed by atoms with Gasteiger partial charge in [-0.3, -0.25) is 0 Å². The molecule has 0 aliphatic carbocycles. The van der Waals surface area contributed by atoms with E-state index in [9.17, 15) is 13.2 Å². The van der Waals surface area contributed by atoms with Gasteiger partial charge in [0.15, 0.2) is 5.82 Å². The van der Waals surface area contributed by atoms with Crippen LogP contribution in [0.5, 0.6) is 0 Å². The maximum atomic E-state index is 12.5. The van der Waals surface area contributed by atoms with Crippen molar-refractivity contribution in [3.8, 4) is 11.5 Å². The summed E-state index contributed by atoms with van der Waals surface area (Å²) in [5, 5.41) is 2.91. The van der Waals surface area contributed by atoms with Crippen molar-refractivity contribution in [2.24, 2.45) is 0 Å². The van der Waals surface area contributed by atoms with Crippen LogP contribution in [0, 0.1) is 0 Å². The molecule has 0 saturated heterocycles. The second-order valence-corrected chi connectivity index (χ2v) is 4.70. The number of anilines is 1. The van der Waals surface area contributed by atoms with E-state index >= 15 is 0 Å². The minimum atomic E-state index is -4.65. The summed E-state index contributed by atoms with van der Waals surface area (Å²) in [7, 11) is 1.62. The van der Waals surface area contributed by atoms with E-state index in [0.717, 1.165) is 0 Å². The SMILES string of the molecule is CN(Cc1nc(C(F)(F)F)no1)c1cc(-c2ncccn2)ncn1. The highest BCUT2D eigenvalue weighted by Crippen LogP contribution is 2.26. The number of alkyl halides is 3. The van der Waals surface area contributed by atoms with E-state index in [1.54, 1.807) is 36.5 Å². The zero-order valence-electron chi connectivity index (χ0n) is 12.3. The van der Waals surface area contributed by atoms with Crippen LogP contribution in [0.15, 0.2) is 35.4 Å². The average Bonchev–Trinajstić information content (AvgIpc) is 3.05. The zero-order chi connectivity index (χ0) is 17.2. The lowest BCUT2D eigenvalue weighted by atomic mass is 10.3. The van der Waals surface area contributed by atoms with Crippen molar-refractivity contribution in [1.29, 1.82) is 0 Å². The Morgan fingerprint density at radius 3 is 2.54 bits per heavy atom. The van der Waals surface area contributed by atoms with Crippen molar-refractivity contribution in [2.75, 3.05) is 11.9 Å². The van der Waals surface area contributed by atoms with Gasteiger partial charge in [-0.2, -0.15) is 18.2 Å². The van der Waals surface area contributed by atoms with E-state index in [0.29, 0.717) is 17.3 Å². The molecule has 3 rings (SSSR count). The van der Waals surface area contributed by atoms with Gasteiger partial charge >= 0.3 is 6.18 Å². The van der Waals surface area contributed by atoms with Gasteiger partial charge in [-0.25, -0.2) is 19.9 Å². The molecular weight excluding hydrogens is 327 g/mol. The number of rotatable bonds is 4. The number of halogens is 3. The Kier molecular flexibility index (Phi) is 4.06. The minimum absolute atomic E-state index is 0.0464. The van der Waals surface area contributed by atoms with Crippen LogP contribution in [-0.4, -0.2) is 37.1 Å². The minimum Gasteiger partial charge on any atom is -0.350 e. The van der Waals surface area contributed by atoms with Gasteiger partial charge < -0.3 is 9.42 Å². The molecule has 0 amide bonds. The molecule has 0 aliphatic heterocycles. The Bertz CT molecular complexity index is 822. The number of aromatic nitrogens is 6. The lowest BCUT2D eigenvalue weighted by molar-refractivity contribution is -0.146. The Hall–Kier alpha value is -3.11. The molecule has 0 bridgehead atoms. The third-order valence-corrected chi connectivity index (χ3v) is 2.93. The van der Waals surface area contributed by atoms with Crippen LogP contribution in [0.2, 0.25) is 0 Å². The van der Waals surface area contributed by atoms with Gasteiger partial charge in [-0.15, -0.1) is 0 Å². The van der Waals surface area contributed by atoms with Crippen LogP contribution in [0.3, 0.4) is 0 Å². The molecule has 0 N–H and O–H groups in total. The lowest BCUT2D eigenvalue weighted by Gasteiger charge is -2.15. The van der Waals surface area contributed by atoms with Crippen molar-refractivity contribution >= 4 is 5.82 Å². The van der Waals surface area contributed by atoms with Gasteiger partial charge in [-0.05, 0) is 6.07 Å². The molecule has 0 atom stereocenters. The molecule has 3 aromatic rings. The second-order valence-electron chi connectivity index (χ2n) is 4.70. The van der Waals surface area contributed by atoms with Crippen LogP contribution in [0.25, 0.3) is 11.5 Å². The molecule has 11 heteroatoms. The van der Waals surface area contributed by atoms with Crippen LogP contribution in [0.1, 0.15) is 11.7 Å². The Morgan fingerprint density at radius 2 is 1.88 bits per heavy atom. The largest absolute Gasteiger partial charge is 0.455 e. The van der Waals surface area contributed by atoms with Crippen LogP contribution >= 0.6 is 0 Å². The maximum absolute atomic E-state index is 12.5. The average molecular weight is 337 g/mol. The first-order valence-corrected chi connectivity index (χ1v) is 6.64. The molecule has 0 aromatic carbocycles. The highest BCUT2D eigenvalue weighted by atomic mass is 19.4. The monoisotopic (exact) mass is 337 g/mol. The molecule has 0 aliphatic rings. The van der Waals surface area contributed by atoms with Gasteiger partial charge in [-0.1, -0.05) is 5.16 Å². The van der Waals surface area contributed by atoms with Crippen LogP contribution in [0.4, 0.5) is 19.0 Å². The quantitative estimate of drug-likeness (QED) is 0.713. The van der Waals surface area contributed by atoms with E-state index in [1.165, 1.54) is 6.33 Å². The van der Waals surface area contributed by atoms with E-state index in [2.05, 4.69) is 34.6 Å². The third-order valence-electron chi connectivity index (χ3n) is 2.93. The number of nitrogens with zero attached hydrogens (tertiary/aromatic N) is 7. The molecule has 8 nitrogen and oxygen atoms in total. The summed E-state index contributed by atoms with van der Waals surface area (Å²) in [6, 6.07) is 3.28. The van der Waals surface area contributed by atoms with E-state index < -0.39 is 12.0 Å². The highest BCUT2D eigenvalue weighted by molar-refractivity contribution is 5.54. The molecule has 3 heterocycles. The number of hydrogen-bond donors (Lipinski definition) is 0. The van der Waals surface area contributed by atoms with Gasteiger partial charge in [0, 0.05) is 25.5 Å². The van der Waals surface area contributed by atoms with Crippen LogP contribution < -0.4 is 4.90 Å². The maximum Gasteiger partial charge on any atom is 0.455 e. The molecule has 24 heavy (non-hydrogen) atoms. The lowest BCUT2D eigenvalue weighted by Crippen LogP contribution is -2.18. The Morgan fingerprint density at radius 1 is 1.12 bits per heavy atom. The number of hydrogen-bond acceptors (Lipinski definition) is 8. The molecule has 3 aromatic heterocycles. The van der Waals surface area contributed by atoms with Gasteiger partial charge in [0.1, 0.15) is 17.8 Å². The fraction of sp³-hybridized carbons (Fsp3) is 0.231. The van der Waals surface area contributed by atoms with Crippen molar-refractivity contribution in [3.63, 3.8) is 0 Å². The summed E-state index contributed by atoms with van der Waals surface area (Å²) in [5.74, 6) is -0.640. The summed E-state index contributed by atoms with van der Waals surface area (Å²) < 4.78 is 42.0. The third kappa shape index (κ3) is 3.45. The first-order valence-electron chi connectivity index (χ1n) is 6.64. The molecule has 0 unspecified atom stereocenters. The van der Waals surface area contributed by atoms with Gasteiger partial charge in [0.2, 0.25) is 5.89 Å². The Labute approximate surface area is 133 Å². The smallest absolute Gasteiger partial charge is 0.350 e. The molecule has 0 fully saturated rings. The fourth-order valence-electron chi connectivity index (χ4n) is 1.83. The summed E-state index contributed by atoms with van der Waals surface area (Å²) in [4.78, 5) is 21.2. The topological polar surface area (TPSA) is 93.7 Å². The van der Waals surface area contributed by atoms with Gasteiger partial charge in [0.25, 0.3) is 5.82 Å². The van der Waals surface area contributed by atoms with E-state index in [1.807, 2.05) is 0 Å². The highest BCUT2D eigenvalue weighted by Gasteiger charge is 2.37. The molecule has 0 radical (unpaired) electrons. The second kappa shape index (κ2) is 6.18. The molecule has 124 valence electrons. The van der Waals surface area contributed by atoms with Crippen molar-refractivity contribution < 1.29 is 17.7 Å². The van der Waals surface area contributed by atoms with Crippen molar-refractivity contribution in [2.45, 2.75) is 12.7 Å².